The first-order valence-corrected chi connectivity index (χ1v) is 6.98. The van der Waals surface area contributed by atoms with Gasteiger partial charge < -0.3 is 9.84 Å². The zero-order valence-corrected chi connectivity index (χ0v) is 12.1. The molecule has 1 N–H and O–H groups in total. The first kappa shape index (κ1) is 14.4. The van der Waals surface area contributed by atoms with E-state index in [1.54, 1.807) is 25.4 Å². The Hall–Kier alpha value is -2.01. The number of aromatic carboxylic acids is 1. The number of carbonyl (C=O) groups is 1. The summed E-state index contributed by atoms with van der Waals surface area (Å²) in [6.45, 7) is 2.02. The summed E-state index contributed by atoms with van der Waals surface area (Å²) in [5.74, 6) is -0.155. The Kier molecular flexibility index (Phi) is 4.63. The number of pyridine rings is 1. The van der Waals surface area contributed by atoms with E-state index in [0.29, 0.717) is 5.03 Å². The van der Waals surface area contributed by atoms with Crippen molar-refractivity contribution in [3.05, 3.63) is 53.7 Å². The predicted molar refractivity (Wildman–Crippen MR) is 78.5 cm³/mol. The molecule has 0 radical (unpaired) electrons. The number of methoxy groups -OCH3 is 1. The molecule has 1 atom stereocenters. The van der Waals surface area contributed by atoms with Gasteiger partial charge in [0.25, 0.3) is 0 Å². The Morgan fingerprint density at radius 3 is 2.60 bits per heavy atom. The Labute approximate surface area is 121 Å². The van der Waals surface area contributed by atoms with Gasteiger partial charge in [0.2, 0.25) is 0 Å². The molecule has 0 fully saturated rings. The average Bonchev–Trinajstić information content (AvgIpc) is 2.47. The highest BCUT2D eigenvalue weighted by molar-refractivity contribution is 7.99. The molecular formula is C15H15NO3S. The number of carboxylic acids is 1. The number of aromatic nitrogens is 1. The summed E-state index contributed by atoms with van der Waals surface area (Å²) >= 11 is 1.43. The molecule has 0 aliphatic heterocycles. The van der Waals surface area contributed by atoms with E-state index >= 15 is 0 Å². The maximum atomic E-state index is 11.2. The summed E-state index contributed by atoms with van der Waals surface area (Å²) < 4.78 is 5.12. The van der Waals surface area contributed by atoms with Crippen LogP contribution >= 0.6 is 11.8 Å². The van der Waals surface area contributed by atoms with Crippen molar-refractivity contribution in [2.45, 2.75) is 17.2 Å². The van der Waals surface area contributed by atoms with E-state index in [1.807, 2.05) is 31.2 Å². The fourth-order valence-electron chi connectivity index (χ4n) is 1.76. The Morgan fingerprint density at radius 2 is 2.00 bits per heavy atom. The van der Waals surface area contributed by atoms with Gasteiger partial charge in [0.15, 0.2) is 0 Å². The van der Waals surface area contributed by atoms with E-state index in [0.717, 1.165) is 11.3 Å². The van der Waals surface area contributed by atoms with Gasteiger partial charge in [0, 0.05) is 11.4 Å². The maximum absolute atomic E-state index is 11.2. The number of hydrogen-bond acceptors (Lipinski definition) is 4. The van der Waals surface area contributed by atoms with Crippen LogP contribution in [-0.2, 0) is 0 Å². The topological polar surface area (TPSA) is 59.4 Å². The van der Waals surface area contributed by atoms with Gasteiger partial charge in [0.05, 0.1) is 12.7 Å². The van der Waals surface area contributed by atoms with Gasteiger partial charge >= 0.3 is 5.97 Å². The minimum absolute atomic E-state index is 0.105. The summed E-state index contributed by atoms with van der Waals surface area (Å²) in [7, 11) is 1.63. The molecule has 0 saturated carbocycles. The fraction of sp³-hybridized carbons (Fsp3) is 0.200. The molecule has 0 aliphatic carbocycles. The molecule has 0 saturated heterocycles. The molecule has 0 spiro atoms. The molecule has 0 amide bonds. The van der Waals surface area contributed by atoms with Gasteiger partial charge in [-0.1, -0.05) is 23.9 Å². The van der Waals surface area contributed by atoms with Gasteiger partial charge in [-0.15, -0.1) is 0 Å². The van der Waals surface area contributed by atoms with Crippen molar-refractivity contribution in [2.75, 3.05) is 7.11 Å². The van der Waals surface area contributed by atoms with Crippen molar-refractivity contribution < 1.29 is 14.6 Å². The van der Waals surface area contributed by atoms with E-state index in [9.17, 15) is 4.79 Å². The van der Waals surface area contributed by atoms with Crippen molar-refractivity contribution in [3.63, 3.8) is 0 Å². The van der Waals surface area contributed by atoms with Gasteiger partial charge in [-0.05, 0) is 36.8 Å². The lowest BCUT2D eigenvalue weighted by Crippen LogP contribution is -2.01. The molecule has 5 heteroatoms. The molecule has 1 heterocycles. The van der Waals surface area contributed by atoms with Crippen LogP contribution in [0.4, 0.5) is 0 Å². The summed E-state index contributed by atoms with van der Waals surface area (Å²) in [5.41, 5.74) is 1.33. The third kappa shape index (κ3) is 3.30. The number of ether oxygens (including phenoxy) is 1. The van der Waals surface area contributed by atoms with Gasteiger partial charge in [-0.25, -0.2) is 9.78 Å². The van der Waals surface area contributed by atoms with Crippen LogP contribution in [0.3, 0.4) is 0 Å². The highest BCUT2D eigenvalue weighted by Crippen LogP contribution is 2.35. The third-order valence-electron chi connectivity index (χ3n) is 2.88. The van der Waals surface area contributed by atoms with Crippen molar-refractivity contribution in [3.8, 4) is 5.75 Å². The average molecular weight is 289 g/mol. The lowest BCUT2D eigenvalue weighted by Gasteiger charge is -2.13. The van der Waals surface area contributed by atoms with Crippen LogP contribution in [0, 0.1) is 0 Å². The Balaban J connectivity index is 2.18. The van der Waals surface area contributed by atoms with Gasteiger partial charge in [0.1, 0.15) is 10.8 Å². The molecule has 2 rings (SSSR count). The second kappa shape index (κ2) is 6.43. The number of hydrogen-bond donors (Lipinski definition) is 1. The second-order valence-corrected chi connectivity index (χ2v) is 5.52. The van der Waals surface area contributed by atoms with E-state index < -0.39 is 5.97 Å². The normalized spacial score (nSPS) is 11.9. The van der Waals surface area contributed by atoms with E-state index in [-0.39, 0.29) is 10.8 Å². The maximum Gasteiger partial charge on any atom is 0.338 e. The second-order valence-electron chi connectivity index (χ2n) is 4.19. The quantitative estimate of drug-likeness (QED) is 0.851. The highest BCUT2D eigenvalue weighted by Gasteiger charge is 2.15. The standard InChI is InChI=1S/C15H15NO3S/c1-10(11-5-7-12(19-2)8-6-11)20-14-13(15(17)18)4-3-9-16-14/h3-10H,1-2H3,(H,17,18). The molecule has 104 valence electrons. The van der Waals surface area contributed by atoms with Crippen LogP contribution in [0.1, 0.15) is 28.1 Å². The van der Waals surface area contributed by atoms with Crippen LogP contribution < -0.4 is 4.74 Å². The summed E-state index contributed by atoms with van der Waals surface area (Å²) in [6.07, 6.45) is 1.61. The number of nitrogens with zero attached hydrogens (tertiary/aromatic N) is 1. The summed E-state index contributed by atoms with van der Waals surface area (Å²) in [4.78, 5) is 15.3. The number of thioether (sulfide) groups is 1. The molecule has 4 nitrogen and oxygen atoms in total. The van der Waals surface area contributed by atoms with Gasteiger partial charge in [-0.2, -0.15) is 0 Å². The van der Waals surface area contributed by atoms with Crippen molar-refractivity contribution >= 4 is 17.7 Å². The van der Waals surface area contributed by atoms with Crippen LogP contribution in [0.2, 0.25) is 0 Å². The highest BCUT2D eigenvalue weighted by atomic mass is 32.2. The zero-order chi connectivity index (χ0) is 14.5. The molecule has 2 aromatic rings. The third-order valence-corrected chi connectivity index (χ3v) is 4.05. The van der Waals surface area contributed by atoms with Crippen LogP contribution in [0.25, 0.3) is 0 Å². The molecule has 0 aliphatic rings. The minimum atomic E-state index is -0.956. The molecular weight excluding hydrogens is 274 g/mol. The number of carboxylic acid groups (broad SMARTS) is 1. The van der Waals surface area contributed by atoms with Crippen LogP contribution in [-0.4, -0.2) is 23.2 Å². The molecule has 1 aromatic carbocycles. The van der Waals surface area contributed by atoms with E-state index in [1.165, 1.54) is 11.8 Å². The molecule has 0 bridgehead atoms. The predicted octanol–water partition coefficient (Wildman–Crippen LogP) is 3.64. The molecule has 1 aromatic heterocycles. The van der Waals surface area contributed by atoms with Gasteiger partial charge in [-0.3, -0.25) is 0 Å². The fourth-order valence-corrected chi connectivity index (χ4v) is 2.79. The largest absolute Gasteiger partial charge is 0.497 e. The monoisotopic (exact) mass is 289 g/mol. The zero-order valence-electron chi connectivity index (χ0n) is 11.2. The SMILES string of the molecule is COc1ccc(C(C)Sc2ncccc2C(=O)O)cc1. The number of benzene rings is 1. The van der Waals surface area contributed by atoms with Crippen molar-refractivity contribution in [1.29, 1.82) is 0 Å². The summed E-state index contributed by atoms with van der Waals surface area (Å²) in [6, 6.07) is 10.9. The molecule has 20 heavy (non-hydrogen) atoms. The Morgan fingerprint density at radius 1 is 1.30 bits per heavy atom. The smallest absolute Gasteiger partial charge is 0.338 e. The molecule has 1 unspecified atom stereocenters. The first-order valence-electron chi connectivity index (χ1n) is 6.10. The van der Waals surface area contributed by atoms with E-state index in [2.05, 4.69) is 4.98 Å². The minimum Gasteiger partial charge on any atom is -0.497 e. The Bertz CT molecular complexity index is 598. The number of rotatable bonds is 5. The van der Waals surface area contributed by atoms with Crippen LogP contribution in [0.5, 0.6) is 5.75 Å². The lowest BCUT2D eigenvalue weighted by molar-refractivity contribution is 0.0692. The van der Waals surface area contributed by atoms with Crippen molar-refractivity contribution in [2.24, 2.45) is 0 Å². The van der Waals surface area contributed by atoms with Crippen LogP contribution in [0.15, 0.2) is 47.6 Å². The van der Waals surface area contributed by atoms with Crippen molar-refractivity contribution in [1.82, 2.24) is 4.98 Å². The first-order chi connectivity index (χ1) is 9.61. The lowest BCUT2D eigenvalue weighted by atomic mass is 10.2. The summed E-state index contributed by atoms with van der Waals surface area (Å²) in [5, 5.41) is 9.78. The van der Waals surface area contributed by atoms with E-state index in [4.69, 9.17) is 9.84 Å².